The van der Waals surface area contributed by atoms with Gasteiger partial charge in [0.25, 0.3) is 0 Å². The van der Waals surface area contributed by atoms with Gasteiger partial charge >= 0.3 is 0 Å². The summed E-state index contributed by atoms with van der Waals surface area (Å²) in [5.41, 5.74) is 4.33. The van der Waals surface area contributed by atoms with Gasteiger partial charge in [0, 0.05) is 6.42 Å². The molecule has 0 bridgehead atoms. The third kappa shape index (κ3) is 3.89. The normalized spacial score (nSPS) is 13.9. The van der Waals surface area contributed by atoms with Gasteiger partial charge in [-0.3, -0.25) is 4.79 Å². The number of hydrogen-bond donors (Lipinski definition) is 2. The molecule has 0 saturated heterocycles. The van der Waals surface area contributed by atoms with Gasteiger partial charge in [-0.1, -0.05) is 13.0 Å². The molecule has 0 saturated carbocycles. The first kappa shape index (κ1) is 15.4. The lowest BCUT2D eigenvalue weighted by atomic mass is 9.97. The monoisotopic (exact) mass is 272 g/mol. The Morgan fingerprint density at radius 2 is 2.00 bits per heavy atom. The van der Waals surface area contributed by atoms with E-state index >= 15 is 0 Å². The SMILES string of the molecule is CCNC(C)(CCOc1c(F)cccc1F)C(N)=O. The molecule has 0 aromatic heterocycles. The minimum absolute atomic E-state index is 0.0235. The molecule has 0 aliphatic carbocycles. The van der Waals surface area contributed by atoms with E-state index in [-0.39, 0.29) is 13.0 Å². The summed E-state index contributed by atoms with van der Waals surface area (Å²) in [5, 5.41) is 2.93. The average molecular weight is 272 g/mol. The summed E-state index contributed by atoms with van der Waals surface area (Å²) in [6.45, 7) is 3.98. The Morgan fingerprint density at radius 3 is 2.47 bits per heavy atom. The number of nitrogens with two attached hydrogens (primary N) is 1. The molecule has 0 radical (unpaired) electrons. The summed E-state index contributed by atoms with van der Waals surface area (Å²) in [6.07, 6.45) is 0.212. The van der Waals surface area contributed by atoms with Crippen molar-refractivity contribution >= 4 is 5.91 Å². The van der Waals surface area contributed by atoms with Crippen molar-refractivity contribution in [2.45, 2.75) is 25.8 Å². The molecular formula is C13H18F2N2O2. The number of benzene rings is 1. The number of rotatable bonds is 7. The fourth-order valence-electron chi connectivity index (χ4n) is 1.67. The number of ether oxygens (including phenoxy) is 1. The van der Waals surface area contributed by atoms with Crippen LogP contribution >= 0.6 is 0 Å². The summed E-state index contributed by atoms with van der Waals surface area (Å²) in [4.78, 5) is 11.3. The second kappa shape index (κ2) is 6.47. The van der Waals surface area contributed by atoms with Gasteiger partial charge in [-0.25, -0.2) is 8.78 Å². The van der Waals surface area contributed by atoms with Crippen molar-refractivity contribution < 1.29 is 18.3 Å². The summed E-state index contributed by atoms with van der Waals surface area (Å²) >= 11 is 0. The highest BCUT2D eigenvalue weighted by Crippen LogP contribution is 2.21. The highest BCUT2D eigenvalue weighted by atomic mass is 19.1. The Hall–Kier alpha value is -1.69. The number of para-hydroxylation sites is 1. The number of halogens is 2. The Kier molecular flexibility index (Phi) is 5.23. The van der Waals surface area contributed by atoms with Crippen LogP contribution in [0.2, 0.25) is 0 Å². The average Bonchev–Trinajstić information content (AvgIpc) is 2.33. The molecule has 1 rings (SSSR count). The number of carbonyl (C=O) groups is 1. The Bertz CT molecular complexity index is 434. The van der Waals surface area contributed by atoms with E-state index in [0.717, 1.165) is 12.1 Å². The standard InChI is InChI=1S/C13H18F2N2O2/c1-3-17-13(2,12(16)18)7-8-19-11-9(14)5-4-6-10(11)15/h4-6,17H,3,7-8H2,1-2H3,(H2,16,18). The Labute approximate surface area is 110 Å². The summed E-state index contributed by atoms with van der Waals surface area (Å²) in [7, 11) is 0. The van der Waals surface area contributed by atoms with Crippen molar-refractivity contribution in [3.05, 3.63) is 29.8 Å². The van der Waals surface area contributed by atoms with Crippen LogP contribution in [0.15, 0.2) is 18.2 Å². The second-order valence-electron chi connectivity index (χ2n) is 4.38. The van der Waals surface area contributed by atoms with Gasteiger partial charge in [-0.15, -0.1) is 0 Å². The van der Waals surface area contributed by atoms with E-state index in [1.165, 1.54) is 6.07 Å². The molecule has 0 spiro atoms. The van der Waals surface area contributed by atoms with Crippen molar-refractivity contribution in [1.82, 2.24) is 5.32 Å². The van der Waals surface area contributed by atoms with Gasteiger partial charge in [0.1, 0.15) is 0 Å². The van der Waals surface area contributed by atoms with Crippen molar-refractivity contribution in [2.75, 3.05) is 13.2 Å². The molecule has 6 heteroatoms. The fraction of sp³-hybridized carbons (Fsp3) is 0.462. The van der Waals surface area contributed by atoms with Crippen molar-refractivity contribution in [3.8, 4) is 5.75 Å². The van der Waals surface area contributed by atoms with E-state index in [2.05, 4.69) is 5.32 Å². The first-order chi connectivity index (χ1) is 8.90. The molecule has 4 nitrogen and oxygen atoms in total. The number of hydrogen-bond acceptors (Lipinski definition) is 3. The molecular weight excluding hydrogens is 254 g/mol. The predicted octanol–water partition coefficient (Wildman–Crippen LogP) is 1.59. The first-order valence-corrected chi connectivity index (χ1v) is 6.02. The molecule has 0 aliphatic heterocycles. The highest BCUT2D eigenvalue weighted by molar-refractivity contribution is 5.84. The zero-order valence-electron chi connectivity index (χ0n) is 11.0. The number of carbonyl (C=O) groups excluding carboxylic acids is 1. The van der Waals surface area contributed by atoms with Gasteiger partial charge in [0.15, 0.2) is 17.4 Å². The van der Waals surface area contributed by atoms with Crippen LogP contribution in [0.3, 0.4) is 0 Å². The molecule has 1 amide bonds. The van der Waals surface area contributed by atoms with E-state index in [4.69, 9.17) is 10.5 Å². The number of likely N-dealkylation sites (N-methyl/N-ethyl adjacent to an activating group) is 1. The van der Waals surface area contributed by atoms with Crippen LogP contribution in [0, 0.1) is 11.6 Å². The fourth-order valence-corrected chi connectivity index (χ4v) is 1.67. The maximum Gasteiger partial charge on any atom is 0.237 e. The van der Waals surface area contributed by atoms with E-state index in [1.54, 1.807) is 6.92 Å². The van der Waals surface area contributed by atoms with Crippen molar-refractivity contribution in [2.24, 2.45) is 5.73 Å². The first-order valence-electron chi connectivity index (χ1n) is 6.02. The van der Waals surface area contributed by atoms with Gasteiger partial charge < -0.3 is 15.8 Å². The quantitative estimate of drug-likeness (QED) is 0.792. The predicted molar refractivity (Wildman–Crippen MR) is 67.7 cm³/mol. The molecule has 1 aromatic rings. The van der Waals surface area contributed by atoms with Gasteiger partial charge in [-0.2, -0.15) is 0 Å². The molecule has 0 aliphatic rings. The molecule has 0 fully saturated rings. The topological polar surface area (TPSA) is 64.3 Å². The molecule has 1 atom stereocenters. The van der Waals surface area contributed by atoms with Crippen LogP contribution < -0.4 is 15.8 Å². The largest absolute Gasteiger partial charge is 0.488 e. The minimum Gasteiger partial charge on any atom is -0.488 e. The summed E-state index contributed by atoms with van der Waals surface area (Å²) in [6, 6.07) is 3.47. The number of amides is 1. The molecule has 106 valence electrons. The van der Waals surface area contributed by atoms with Crippen LogP contribution in [0.25, 0.3) is 0 Å². The lowest BCUT2D eigenvalue weighted by Gasteiger charge is -2.26. The lowest BCUT2D eigenvalue weighted by Crippen LogP contribution is -2.53. The van der Waals surface area contributed by atoms with Crippen LogP contribution in [-0.4, -0.2) is 24.6 Å². The lowest BCUT2D eigenvalue weighted by molar-refractivity contribution is -0.124. The van der Waals surface area contributed by atoms with Crippen LogP contribution in [0.4, 0.5) is 8.78 Å². The zero-order chi connectivity index (χ0) is 14.5. The third-order valence-electron chi connectivity index (χ3n) is 2.88. The molecule has 19 heavy (non-hydrogen) atoms. The summed E-state index contributed by atoms with van der Waals surface area (Å²) in [5.74, 6) is -2.52. The van der Waals surface area contributed by atoms with E-state index in [1.807, 2.05) is 6.92 Å². The van der Waals surface area contributed by atoms with E-state index in [0.29, 0.717) is 6.54 Å². The van der Waals surface area contributed by atoms with Crippen LogP contribution in [0.5, 0.6) is 5.75 Å². The van der Waals surface area contributed by atoms with Crippen LogP contribution in [-0.2, 0) is 4.79 Å². The smallest absolute Gasteiger partial charge is 0.237 e. The highest BCUT2D eigenvalue weighted by Gasteiger charge is 2.29. The molecule has 0 heterocycles. The third-order valence-corrected chi connectivity index (χ3v) is 2.88. The van der Waals surface area contributed by atoms with Gasteiger partial charge in [-0.05, 0) is 25.6 Å². The van der Waals surface area contributed by atoms with Gasteiger partial charge in [0.2, 0.25) is 5.91 Å². The maximum absolute atomic E-state index is 13.3. The summed E-state index contributed by atoms with van der Waals surface area (Å²) < 4.78 is 31.7. The molecule has 3 N–H and O–H groups in total. The second-order valence-corrected chi connectivity index (χ2v) is 4.38. The maximum atomic E-state index is 13.3. The Morgan fingerprint density at radius 1 is 1.42 bits per heavy atom. The van der Waals surface area contributed by atoms with E-state index < -0.39 is 28.8 Å². The van der Waals surface area contributed by atoms with E-state index in [9.17, 15) is 13.6 Å². The minimum atomic E-state index is -0.962. The van der Waals surface area contributed by atoms with Crippen molar-refractivity contribution in [3.63, 3.8) is 0 Å². The Balaban J connectivity index is 2.65. The van der Waals surface area contributed by atoms with Crippen molar-refractivity contribution in [1.29, 1.82) is 0 Å². The zero-order valence-corrected chi connectivity index (χ0v) is 11.0. The molecule has 1 unspecified atom stereocenters. The number of primary amides is 1. The van der Waals surface area contributed by atoms with Gasteiger partial charge in [0.05, 0.1) is 12.1 Å². The molecule has 1 aromatic carbocycles. The van der Waals surface area contributed by atoms with Crippen LogP contribution in [0.1, 0.15) is 20.3 Å². The number of nitrogens with one attached hydrogen (secondary N) is 1.